The van der Waals surface area contributed by atoms with E-state index in [0.29, 0.717) is 25.2 Å². The van der Waals surface area contributed by atoms with E-state index in [1.165, 1.54) is 0 Å². The van der Waals surface area contributed by atoms with Crippen molar-refractivity contribution in [3.05, 3.63) is 93.9 Å². The van der Waals surface area contributed by atoms with Gasteiger partial charge in [0.05, 0.1) is 6.54 Å². The summed E-state index contributed by atoms with van der Waals surface area (Å²) < 4.78 is 6.57. The van der Waals surface area contributed by atoms with Gasteiger partial charge < -0.3 is 14.2 Å². The highest BCUT2D eigenvalue weighted by atomic mass is 79.9. The van der Waals surface area contributed by atoms with E-state index in [9.17, 15) is 9.59 Å². The van der Waals surface area contributed by atoms with Crippen LogP contribution in [-0.2, 0) is 17.8 Å². The zero-order valence-electron chi connectivity index (χ0n) is 19.5. The minimum absolute atomic E-state index is 0.0258. The fourth-order valence-corrected chi connectivity index (χ4v) is 4.09. The van der Waals surface area contributed by atoms with Crippen molar-refractivity contribution < 1.29 is 14.0 Å². The molecule has 1 aromatic heterocycles. The van der Waals surface area contributed by atoms with Gasteiger partial charge in [-0.3, -0.25) is 9.59 Å². The Morgan fingerprint density at radius 3 is 2.36 bits per heavy atom. The molecule has 5 nitrogen and oxygen atoms in total. The zero-order chi connectivity index (χ0) is 23.8. The lowest BCUT2D eigenvalue weighted by atomic mass is 10.1. The van der Waals surface area contributed by atoms with Crippen LogP contribution < -0.4 is 0 Å². The number of rotatable bonds is 10. The van der Waals surface area contributed by atoms with Gasteiger partial charge in [-0.05, 0) is 55.2 Å². The molecular formula is C27H31BrN2O3. The molecule has 174 valence electrons. The minimum atomic E-state index is -0.143. The summed E-state index contributed by atoms with van der Waals surface area (Å²) in [6, 6.07) is 21.2. The van der Waals surface area contributed by atoms with Gasteiger partial charge in [-0.1, -0.05) is 66.2 Å². The molecule has 0 bridgehead atoms. The normalized spacial score (nSPS) is 10.9. The van der Waals surface area contributed by atoms with E-state index >= 15 is 0 Å². The molecule has 0 aliphatic carbocycles. The van der Waals surface area contributed by atoms with E-state index in [4.69, 9.17) is 4.42 Å². The van der Waals surface area contributed by atoms with Crippen molar-refractivity contribution in [3.63, 3.8) is 0 Å². The van der Waals surface area contributed by atoms with E-state index < -0.39 is 0 Å². The van der Waals surface area contributed by atoms with Crippen molar-refractivity contribution in [1.82, 2.24) is 9.80 Å². The standard InChI is InChI=1S/C27H31BrN2O3/c1-20(2)17-30(27(32)23-10-7-11-24(28)16-23)19-26(31)29(18-25-13-12-21(3)33-25)15-14-22-8-5-4-6-9-22/h4-13,16,20H,14-15,17-19H2,1-3H3. The van der Waals surface area contributed by atoms with Gasteiger partial charge in [0.1, 0.15) is 18.1 Å². The number of furan rings is 1. The summed E-state index contributed by atoms with van der Waals surface area (Å²) in [5.74, 6) is 1.55. The fourth-order valence-electron chi connectivity index (χ4n) is 3.69. The van der Waals surface area contributed by atoms with Crippen LogP contribution in [0.4, 0.5) is 0 Å². The van der Waals surface area contributed by atoms with Crippen molar-refractivity contribution >= 4 is 27.7 Å². The van der Waals surface area contributed by atoms with Crippen LogP contribution in [0, 0.1) is 12.8 Å². The molecule has 0 fully saturated rings. The Kier molecular flexibility index (Phi) is 8.89. The first-order chi connectivity index (χ1) is 15.8. The molecule has 6 heteroatoms. The van der Waals surface area contributed by atoms with Gasteiger partial charge in [0.15, 0.2) is 0 Å². The summed E-state index contributed by atoms with van der Waals surface area (Å²) in [7, 11) is 0. The Morgan fingerprint density at radius 1 is 0.970 bits per heavy atom. The van der Waals surface area contributed by atoms with E-state index in [1.54, 1.807) is 21.9 Å². The molecule has 2 aromatic carbocycles. The Bertz CT molecular complexity index is 1060. The molecule has 0 saturated heterocycles. The molecule has 0 atom stereocenters. The van der Waals surface area contributed by atoms with Crippen LogP contribution in [-0.4, -0.2) is 41.2 Å². The van der Waals surface area contributed by atoms with Crippen molar-refractivity contribution in [2.45, 2.75) is 33.7 Å². The molecule has 0 radical (unpaired) electrons. The molecule has 3 aromatic rings. The maximum Gasteiger partial charge on any atom is 0.254 e. The second-order valence-corrected chi connectivity index (χ2v) is 9.57. The van der Waals surface area contributed by atoms with E-state index in [0.717, 1.165) is 28.0 Å². The Labute approximate surface area is 204 Å². The van der Waals surface area contributed by atoms with Gasteiger partial charge in [0.25, 0.3) is 5.91 Å². The summed E-state index contributed by atoms with van der Waals surface area (Å²) in [6.45, 7) is 7.43. The molecule has 3 rings (SSSR count). The molecule has 1 heterocycles. The summed E-state index contributed by atoms with van der Waals surface area (Å²) in [4.78, 5) is 30.1. The summed E-state index contributed by atoms with van der Waals surface area (Å²) in [6.07, 6.45) is 0.732. The van der Waals surface area contributed by atoms with Gasteiger partial charge in [0.2, 0.25) is 5.91 Å². The molecule has 0 N–H and O–H groups in total. The average molecular weight is 511 g/mol. The van der Waals surface area contributed by atoms with Crippen LogP contribution in [0.2, 0.25) is 0 Å². The first-order valence-corrected chi connectivity index (χ1v) is 12.0. The number of hydrogen-bond donors (Lipinski definition) is 0. The molecule has 33 heavy (non-hydrogen) atoms. The monoisotopic (exact) mass is 510 g/mol. The van der Waals surface area contributed by atoms with Crippen LogP contribution in [0.25, 0.3) is 0 Å². The number of aryl methyl sites for hydroxylation is 1. The van der Waals surface area contributed by atoms with Crippen molar-refractivity contribution in [2.24, 2.45) is 5.92 Å². The molecule has 0 aliphatic heterocycles. The second kappa shape index (κ2) is 11.8. The van der Waals surface area contributed by atoms with Crippen molar-refractivity contribution in [1.29, 1.82) is 0 Å². The summed E-state index contributed by atoms with van der Waals surface area (Å²) in [5.41, 5.74) is 1.73. The predicted molar refractivity (Wildman–Crippen MR) is 134 cm³/mol. The maximum atomic E-state index is 13.5. The Balaban J connectivity index is 1.77. The van der Waals surface area contributed by atoms with Gasteiger partial charge >= 0.3 is 0 Å². The average Bonchev–Trinajstić information content (AvgIpc) is 3.20. The number of amides is 2. The third-order valence-corrected chi connectivity index (χ3v) is 5.77. The number of halogens is 1. The number of nitrogens with zero attached hydrogens (tertiary/aromatic N) is 2. The van der Waals surface area contributed by atoms with E-state index in [1.807, 2.05) is 63.2 Å². The van der Waals surface area contributed by atoms with Crippen LogP contribution in [0.5, 0.6) is 0 Å². The molecular weight excluding hydrogens is 480 g/mol. The Morgan fingerprint density at radius 2 is 1.73 bits per heavy atom. The molecule has 0 unspecified atom stereocenters. The quantitative estimate of drug-likeness (QED) is 0.350. The highest BCUT2D eigenvalue weighted by molar-refractivity contribution is 9.10. The highest BCUT2D eigenvalue weighted by Crippen LogP contribution is 2.16. The lowest BCUT2D eigenvalue weighted by Gasteiger charge is -2.28. The zero-order valence-corrected chi connectivity index (χ0v) is 21.0. The van der Waals surface area contributed by atoms with Gasteiger partial charge in [-0.15, -0.1) is 0 Å². The van der Waals surface area contributed by atoms with Crippen LogP contribution in [0.1, 0.15) is 41.3 Å². The van der Waals surface area contributed by atoms with Crippen LogP contribution in [0.3, 0.4) is 0 Å². The highest BCUT2D eigenvalue weighted by Gasteiger charge is 2.24. The predicted octanol–water partition coefficient (Wildman–Crippen LogP) is 5.72. The van der Waals surface area contributed by atoms with Crippen molar-refractivity contribution in [2.75, 3.05) is 19.6 Å². The van der Waals surface area contributed by atoms with Gasteiger partial charge in [-0.2, -0.15) is 0 Å². The van der Waals surface area contributed by atoms with Crippen LogP contribution >= 0.6 is 15.9 Å². The molecule has 0 aliphatic rings. The van der Waals surface area contributed by atoms with E-state index in [2.05, 4.69) is 28.1 Å². The first-order valence-electron chi connectivity index (χ1n) is 11.2. The topological polar surface area (TPSA) is 53.8 Å². The largest absolute Gasteiger partial charge is 0.464 e. The smallest absolute Gasteiger partial charge is 0.254 e. The Hall–Kier alpha value is -2.86. The van der Waals surface area contributed by atoms with Gasteiger partial charge in [-0.25, -0.2) is 0 Å². The lowest BCUT2D eigenvalue weighted by molar-refractivity contribution is -0.132. The second-order valence-electron chi connectivity index (χ2n) is 8.65. The van der Waals surface area contributed by atoms with Gasteiger partial charge in [0, 0.05) is 23.1 Å². The molecule has 2 amide bonds. The minimum Gasteiger partial charge on any atom is -0.464 e. The molecule has 0 spiro atoms. The number of benzene rings is 2. The third kappa shape index (κ3) is 7.60. The number of hydrogen-bond acceptors (Lipinski definition) is 3. The van der Waals surface area contributed by atoms with Crippen molar-refractivity contribution in [3.8, 4) is 0 Å². The summed E-state index contributed by atoms with van der Waals surface area (Å²) in [5, 5.41) is 0. The van der Waals surface area contributed by atoms with E-state index in [-0.39, 0.29) is 24.3 Å². The van der Waals surface area contributed by atoms with Crippen LogP contribution in [0.15, 0.2) is 75.6 Å². The molecule has 0 saturated carbocycles. The summed E-state index contributed by atoms with van der Waals surface area (Å²) >= 11 is 3.43. The number of carbonyl (C=O) groups excluding carboxylic acids is 2. The number of carbonyl (C=O) groups is 2. The first kappa shape index (κ1) is 24.8. The third-order valence-electron chi connectivity index (χ3n) is 5.28. The maximum absolute atomic E-state index is 13.5. The lowest BCUT2D eigenvalue weighted by Crippen LogP contribution is -2.44. The fraction of sp³-hybridized carbons (Fsp3) is 0.333. The SMILES string of the molecule is Cc1ccc(CN(CCc2ccccc2)C(=O)CN(CC(C)C)C(=O)c2cccc(Br)c2)o1.